The summed E-state index contributed by atoms with van der Waals surface area (Å²) in [5.74, 6) is 1.06. The van der Waals surface area contributed by atoms with Crippen LogP contribution in [0.5, 0.6) is 17.2 Å². The lowest BCUT2D eigenvalue weighted by Crippen LogP contribution is -2.48. The highest BCUT2D eigenvalue weighted by atomic mass is 16.5. The summed E-state index contributed by atoms with van der Waals surface area (Å²) in [5, 5.41) is 9.93. The van der Waals surface area contributed by atoms with Crippen molar-refractivity contribution >= 4 is 5.91 Å². The Kier molecular flexibility index (Phi) is 4.85. The molecule has 3 heterocycles. The van der Waals surface area contributed by atoms with Crippen molar-refractivity contribution in [3.8, 4) is 17.2 Å². The predicted octanol–water partition coefficient (Wildman–Crippen LogP) is 2.51. The third-order valence-corrected chi connectivity index (χ3v) is 5.70. The summed E-state index contributed by atoms with van der Waals surface area (Å²) in [4.78, 5) is 18.5. The van der Waals surface area contributed by atoms with Crippen molar-refractivity contribution in [2.75, 3.05) is 33.9 Å². The highest BCUT2D eigenvalue weighted by molar-refractivity contribution is 5.94. The Bertz CT molecular complexity index is 890. The van der Waals surface area contributed by atoms with E-state index in [4.69, 9.17) is 14.2 Å². The molecule has 0 atom stereocenters. The van der Waals surface area contributed by atoms with Crippen LogP contribution in [0.15, 0.2) is 30.5 Å². The molecule has 2 aliphatic heterocycles. The molecule has 28 heavy (non-hydrogen) atoms. The van der Waals surface area contributed by atoms with Crippen molar-refractivity contribution < 1.29 is 24.1 Å². The predicted molar refractivity (Wildman–Crippen MR) is 102 cm³/mol. The molecule has 0 radical (unpaired) electrons. The monoisotopic (exact) mass is 384 g/mol. The maximum absolute atomic E-state index is 12.7. The average molecular weight is 384 g/mol. The Morgan fingerprint density at radius 3 is 2.61 bits per heavy atom. The molecule has 2 aliphatic rings. The number of aromatic hydroxyl groups is 1. The van der Waals surface area contributed by atoms with Crippen molar-refractivity contribution in [1.82, 2.24) is 9.88 Å². The summed E-state index contributed by atoms with van der Waals surface area (Å²) in [6.45, 7) is 1.70. The lowest BCUT2D eigenvalue weighted by molar-refractivity contribution is -0.0937. The van der Waals surface area contributed by atoms with Gasteiger partial charge in [0, 0.05) is 19.3 Å². The number of nitrogens with zero attached hydrogens (tertiary/aromatic N) is 2. The number of carbonyl (C=O) groups excluding carboxylic acids is 1. The van der Waals surface area contributed by atoms with E-state index in [1.807, 2.05) is 12.1 Å². The molecular formula is C21H24N2O5. The van der Waals surface area contributed by atoms with Crippen LogP contribution in [0, 0.1) is 0 Å². The Balaban J connectivity index is 1.58. The van der Waals surface area contributed by atoms with Crippen molar-refractivity contribution in [2.24, 2.45) is 0 Å². The molecule has 1 N–H and O–H groups in total. The first kappa shape index (κ1) is 18.6. The number of amides is 1. The van der Waals surface area contributed by atoms with Gasteiger partial charge in [0.1, 0.15) is 5.75 Å². The number of benzene rings is 1. The molecule has 1 saturated heterocycles. The van der Waals surface area contributed by atoms with Gasteiger partial charge in [-0.2, -0.15) is 0 Å². The Hall–Kier alpha value is -2.80. The van der Waals surface area contributed by atoms with E-state index in [0.29, 0.717) is 38.3 Å². The van der Waals surface area contributed by atoms with E-state index in [2.05, 4.69) is 4.98 Å². The van der Waals surface area contributed by atoms with Crippen LogP contribution in [0.3, 0.4) is 0 Å². The molecule has 1 aromatic carbocycles. The minimum absolute atomic E-state index is 0.0924. The smallest absolute Gasteiger partial charge is 0.276 e. The van der Waals surface area contributed by atoms with E-state index in [0.717, 1.165) is 17.7 Å². The van der Waals surface area contributed by atoms with Crippen molar-refractivity contribution in [1.29, 1.82) is 0 Å². The van der Waals surface area contributed by atoms with Crippen molar-refractivity contribution in [3.63, 3.8) is 0 Å². The highest BCUT2D eigenvalue weighted by Gasteiger charge is 2.42. The second-order valence-corrected chi connectivity index (χ2v) is 7.12. The summed E-state index contributed by atoms with van der Waals surface area (Å²) in [6, 6.07) is 7.12. The molecule has 7 heteroatoms. The molecule has 2 aromatic rings. The Morgan fingerprint density at radius 1 is 1.21 bits per heavy atom. The van der Waals surface area contributed by atoms with Gasteiger partial charge in [-0.25, -0.2) is 4.98 Å². The molecule has 1 spiro atoms. The Labute approximate surface area is 163 Å². The quantitative estimate of drug-likeness (QED) is 0.876. The lowest BCUT2D eigenvalue weighted by Gasteiger charge is -2.45. The number of hydrogen-bond acceptors (Lipinski definition) is 6. The van der Waals surface area contributed by atoms with Crippen LogP contribution in [-0.2, 0) is 16.8 Å². The SMILES string of the molecule is COc1cc2c(cc1OC)C1(CCN(C(=O)c3ncccc3O)CC1)OCC2. The van der Waals surface area contributed by atoms with Gasteiger partial charge in [-0.15, -0.1) is 0 Å². The molecule has 148 valence electrons. The fourth-order valence-corrected chi connectivity index (χ4v) is 4.18. The second-order valence-electron chi connectivity index (χ2n) is 7.12. The van der Waals surface area contributed by atoms with Gasteiger partial charge in [0.25, 0.3) is 5.91 Å². The summed E-state index contributed by atoms with van der Waals surface area (Å²) in [6.07, 6.45) is 3.68. The zero-order chi connectivity index (χ0) is 19.7. The highest BCUT2D eigenvalue weighted by Crippen LogP contribution is 2.45. The first-order chi connectivity index (χ1) is 13.6. The number of pyridine rings is 1. The molecule has 0 aliphatic carbocycles. The first-order valence-electron chi connectivity index (χ1n) is 9.40. The van der Waals surface area contributed by atoms with Gasteiger partial charge in [-0.3, -0.25) is 4.79 Å². The topological polar surface area (TPSA) is 81.1 Å². The van der Waals surface area contributed by atoms with E-state index in [1.165, 1.54) is 17.8 Å². The summed E-state index contributed by atoms with van der Waals surface area (Å²) < 4.78 is 17.2. The van der Waals surface area contributed by atoms with E-state index in [9.17, 15) is 9.90 Å². The maximum Gasteiger partial charge on any atom is 0.276 e. The normalized spacial score (nSPS) is 17.9. The Morgan fingerprint density at radius 2 is 1.93 bits per heavy atom. The van der Waals surface area contributed by atoms with Gasteiger partial charge in [0.15, 0.2) is 17.2 Å². The summed E-state index contributed by atoms with van der Waals surface area (Å²) in [5.41, 5.74) is 1.97. The lowest BCUT2D eigenvalue weighted by atomic mass is 9.79. The van der Waals surface area contributed by atoms with Gasteiger partial charge in [0.2, 0.25) is 0 Å². The van der Waals surface area contributed by atoms with Gasteiger partial charge in [0.05, 0.1) is 26.4 Å². The van der Waals surface area contributed by atoms with E-state index >= 15 is 0 Å². The average Bonchev–Trinajstić information content (AvgIpc) is 2.73. The van der Waals surface area contributed by atoms with Gasteiger partial charge >= 0.3 is 0 Å². The molecule has 7 nitrogen and oxygen atoms in total. The standard InChI is InChI=1S/C21H24N2O5/c1-26-17-12-14-5-11-28-21(15(14)13-18(17)27-2)6-9-23(10-7-21)20(25)19-16(24)4-3-8-22-19/h3-4,8,12-13,24H,5-7,9-11H2,1-2H3. The molecule has 0 saturated carbocycles. The third kappa shape index (κ3) is 3.05. The van der Waals surface area contributed by atoms with Gasteiger partial charge in [-0.1, -0.05) is 0 Å². The van der Waals surface area contributed by atoms with Crippen molar-refractivity contribution in [3.05, 3.63) is 47.3 Å². The molecule has 0 bridgehead atoms. The van der Waals surface area contributed by atoms with Gasteiger partial charge < -0.3 is 24.2 Å². The minimum atomic E-state index is -0.434. The fraction of sp³-hybridized carbons (Fsp3) is 0.429. The number of hydrogen-bond donors (Lipinski definition) is 1. The van der Waals surface area contributed by atoms with E-state index in [1.54, 1.807) is 25.2 Å². The van der Waals surface area contributed by atoms with Crippen molar-refractivity contribution in [2.45, 2.75) is 24.9 Å². The number of aromatic nitrogens is 1. The van der Waals surface area contributed by atoms with Crippen LogP contribution in [0.2, 0.25) is 0 Å². The minimum Gasteiger partial charge on any atom is -0.505 e. The van der Waals surface area contributed by atoms with E-state index in [-0.39, 0.29) is 17.4 Å². The maximum atomic E-state index is 12.7. The zero-order valence-corrected chi connectivity index (χ0v) is 16.1. The summed E-state index contributed by atoms with van der Waals surface area (Å²) >= 11 is 0. The molecule has 1 fully saturated rings. The first-order valence-corrected chi connectivity index (χ1v) is 9.40. The number of carbonyl (C=O) groups is 1. The number of ether oxygens (including phenoxy) is 3. The molecular weight excluding hydrogens is 360 g/mol. The van der Waals surface area contributed by atoms with Crippen LogP contribution in [-0.4, -0.2) is 54.8 Å². The van der Waals surface area contributed by atoms with Crippen LogP contribution in [0.4, 0.5) is 0 Å². The number of rotatable bonds is 3. The number of piperidine rings is 1. The second kappa shape index (κ2) is 7.31. The largest absolute Gasteiger partial charge is 0.505 e. The molecule has 1 amide bonds. The van der Waals surface area contributed by atoms with Crippen LogP contribution in [0.1, 0.15) is 34.5 Å². The van der Waals surface area contributed by atoms with Gasteiger partial charge in [-0.05, 0) is 54.7 Å². The number of likely N-dealkylation sites (tertiary alicyclic amines) is 1. The molecule has 0 unspecified atom stereocenters. The van der Waals surface area contributed by atoms with Crippen LogP contribution < -0.4 is 9.47 Å². The zero-order valence-electron chi connectivity index (χ0n) is 16.1. The van der Waals surface area contributed by atoms with Crippen LogP contribution in [0.25, 0.3) is 0 Å². The molecule has 4 rings (SSSR count). The number of methoxy groups -OCH3 is 2. The summed E-state index contributed by atoms with van der Waals surface area (Å²) in [7, 11) is 3.26. The third-order valence-electron chi connectivity index (χ3n) is 5.70. The van der Waals surface area contributed by atoms with E-state index < -0.39 is 5.60 Å². The van der Waals surface area contributed by atoms with Crippen LogP contribution >= 0.6 is 0 Å². The number of fused-ring (bicyclic) bond motifs is 2. The molecule has 1 aromatic heterocycles. The fourth-order valence-electron chi connectivity index (χ4n) is 4.18.